The highest BCUT2D eigenvalue weighted by Gasteiger charge is 2.19. The second-order valence-corrected chi connectivity index (χ2v) is 7.42. The molecule has 0 aliphatic rings. The van der Waals surface area contributed by atoms with Crippen molar-refractivity contribution in [2.24, 2.45) is 0 Å². The molecule has 0 spiro atoms. The van der Waals surface area contributed by atoms with E-state index in [1.165, 1.54) is 0 Å². The molecule has 0 aliphatic heterocycles. The van der Waals surface area contributed by atoms with Gasteiger partial charge in [0.05, 0.1) is 31.4 Å². The number of hydrogen-bond donors (Lipinski definition) is 1. The topological polar surface area (TPSA) is 38.7 Å². The number of benzene rings is 1. The van der Waals surface area contributed by atoms with Gasteiger partial charge in [-0.25, -0.2) is 0 Å². The van der Waals surface area contributed by atoms with Crippen LogP contribution in [0.5, 0.6) is 0 Å². The van der Waals surface area contributed by atoms with Crippen LogP contribution in [0.4, 0.5) is 0 Å². The Labute approximate surface area is 137 Å². The number of aliphatic hydroxyl groups excluding tert-OH is 1. The van der Waals surface area contributed by atoms with Crippen LogP contribution in [0.15, 0.2) is 28.7 Å². The van der Waals surface area contributed by atoms with Crippen LogP contribution < -0.4 is 0 Å². The van der Waals surface area contributed by atoms with Crippen LogP contribution in [0.3, 0.4) is 0 Å². The van der Waals surface area contributed by atoms with Gasteiger partial charge in [0.25, 0.3) is 0 Å². The highest BCUT2D eigenvalue weighted by atomic mass is 127. The molecule has 0 fully saturated rings. The number of rotatable bonds is 8. The summed E-state index contributed by atoms with van der Waals surface area (Å²) >= 11 is 5.70. The molecule has 0 amide bonds. The maximum Gasteiger partial charge on any atom is 0.0896 e. The van der Waals surface area contributed by atoms with Gasteiger partial charge in [0.15, 0.2) is 0 Å². The van der Waals surface area contributed by atoms with Crippen molar-refractivity contribution in [2.75, 3.05) is 13.2 Å². The van der Waals surface area contributed by atoms with Crippen LogP contribution in [-0.4, -0.2) is 23.9 Å². The van der Waals surface area contributed by atoms with Gasteiger partial charge >= 0.3 is 0 Å². The highest BCUT2D eigenvalue weighted by molar-refractivity contribution is 14.2. The van der Waals surface area contributed by atoms with Gasteiger partial charge < -0.3 is 14.4 Å². The first-order chi connectivity index (χ1) is 8.98. The van der Waals surface area contributed by atoms with Crippen LogP contribution in [0.2, 0.25) is 0 Å². The summed E-state index contributed by atoms with van der Waals surface area (Å²) < 4.78 is 12.5. The molecule has 0 radical (unpaired) electrons. The molecule has 1 N–H and O–H groups in total. The molecular weight excluding hydrogens is 442 g/mol. The van der Waals surface area contributed by atoms with Crippen molar-refractivity contribution in [1.82, 2.24) is 0 Å². The number of aliphatic hydroxyl groups is 1. The summed E-state index contributed by atoms with van der Waals surface area (Å²) in [5.74, 6) is 0. The molecule has 0 bridgehead atoms. The van der Waals surface area contributed by atoms with Gasteiger partial charge in [-0.3, -0.25) is 0 Å². The van der Waals surface area contributed by atoms with Gasteiger partial charge in [0.1, 0.15) is 0 Å². The smallest absolute Gasteiger partial charge is 0.0896 e. The van der Waals surface area contributed by atoms with Crippen molar-refractivity contribution in [3.8, 4) is 0 Å². The first-order valence-electron chi connectivity index (χ1n) is 6.00. The van der Waals surface area contributed by atoms with Crippen molar-refractivity contribution in [3.63, 3.8) is 0 Å². The molecule has 0 saturated heterocycles. The molecule has 1 aromatic carbocycles. The molecule has 0 aliphatic carbocycles. The number of hydrogen-bond acceptors (Lipinski definition) is 3. The molecule has 0 heterocycles. The fourth-order valence-corrected chi connectivity index (χ4v) is 3.24. The Bertz CT molecular complexity index is 390. The Morgan fingerprint density at radius 1 is 1.47 bits per heavy atom. The summed E-state index contributed by atoms with van der Waals surface area (Å²) in [5.41, 5.74) is 0.651. The minimum absolute atomic E-state index is 0.0173. The Kier molecular flexibility index (Phi) is 8.33. The molecule has 3 nitrogen and oxygen atoms in total. The third kappa shape index (κ3) is 6.82. The molecular formula is C13H19BrIO3P. The van der Waals surface area contributed by atoms with Crippen LogP contribution in [0.1, 0.15) is 31.9 Å². The normalized spacial score (nSPS) is 14.2. The molecule has 19 heavy (non-hydrogen) atoms. The SMILES string of the molecule is CC(C)(CO)OCCC(OPI)c1cccc(Br)c1. The molecule has 0 saturated carbocycles. The van der Waals surface area contributed by atoms with Crippen molar-refractivity contribution in [1.29, 1.82) is 0 Å². The fourth-order valence-electron chi connectivity index (χ4n) is 1.54. The maximum atomic E-state index is 9.15. The largest absolute Gasteiger partial charge is 0.393 e. The molecule has 1 rings (SSSR count). The Morgan fingerprint density at radius 2 is 2.21 bits per heavy atom. The summed E-state index contributed by atoms with van der Waals surface area (Å²) in [4.78, 5) is 0. The van der Waals surface area contributed by atoms with E-state index < -0.39 is 5.60 Å². The quantitative estimate of drug-likeness (QED) is 0.454. The third-order valence-electron chi connectivity index (χ3n) is 2.66. The van der Waals surface area contributed by atoms with Crippen LogP contribution >= 0.6 is 44.4 Å². The third-order valence-corrected chi connectivity index (χ3v) is 4.29. The molecule has 2 atom stereocenters. The van der Waals surface area contributed by atoms with Gasteiger partial charge in [-0.05, 0) is 53.6 Å². The van der Waals surface area contributed by atoms with Gasteiger partial charge in [0, 0.05) is 10.9 Å². The lowest BCUT2D eigenvalue weighted by molar-refractivity contribution is -0.0605. The van der Waals surface area contributed by atoms with Gasteiger partial charge in [0.2, 0.25) is 0 Å². The summed E-state index contributed by atoms with van der Waals surface area (Å²) in [6.45, 7) is 4.74. The lowest BCUT2D eigenvalue weighted by Crippen LogP contribution is -2.29. The van der Waals surface area contributed by atoms with E-state index in [9.17, 15) is 0 Å². The zero-order valence-corrected chi connectivity index (χ0v) is 15.8. The average Bonchev–Trinajstić information content (AvgIpc) is 2.37. The summed E-state index contributed by atoms with van der Waals surface area (Å²) in [7, 11) is 0. The van der Waals surface area contributed by atoms with Gasteiger partial charge in [-0.15, -0.1) is 0 Å². The highest BCUT2D eigenvalue weighted by Crippen LogP contribution is 2.35. The Hall–Kier alpha value is 0.740. The number of halogens is 2. The van der Waals surface area contributed by atoms with Crippen LogP contribution in [0.25, 0.3) is 0 Å². The average molecular weight is 461 g/mol. The van der Waals surface area contributed by atoms with Crippen molar-refractivity contribution >= 4 is 44.4 Å². The molecule has 2 unspecified atom stereocenters. The van der Waals surface area contributed by atoms with Gasteiger partial charge in [-0.1, -0.05) is 28.1 Å². The monoisotopic (exact) mass is 460 g/mol. The summed E-state index contributed by atoms with van der Waals surface area (Å²) in [5, 5.41) is 9.15. The van der Waals surface area contributed by atoms with Crippen LogP contribution in [-0.2, 0) is 9.26 Å². The Balaban J connectivity index is 2.58. The molecule has 1 aromatic rings. The zero-order chi connectivity index (χ0) is 14.3. The standard InChI is InChI=1S/C13H19BrIO3P/c1-13(2,9-16)17-7-6-12(18-19-15)10-4-3-5-11(14)8-10/h3-5,8,12,16,19H,6-7,9H2,1-2H3. The van der Waals surface area contributed by atoms with E-state index in [0.29, 0.717) is 13.1 Å². The van der Waals surface area contributed by atoms with E-state index in [-0.39, 0.29) is 12.7 Å². The predicted octanol–water partition coefficient (Wildman–Crippen LogP) is 4.63. The van der Waals surface area contributed by atoms with Crippen molar-refractivity contribution in [2.45, 2.75) is 32.0 Å². The molecule has 108 valence electrons. The lowest BCUT2D eigenvalue weighted by Gasteiger charge is -2.24. The van der Waals surface area contributed by atoms with E-state index in [0.717, 1.165) is 16.5 Å². The molecule has 0 aromatic heterocycles. The van der Waals surface area contributed by atoms with Gasteiger partial charge in [-0.2, -0.15) is 0 Å². The van der Waals surface area contributed by atoms with E-state index in [2.05, 4.69) is 50.1 Å². The predicted molar refractivity (Wildman–Crippen MR) is 92.0 cm³/mol. The Morgan fingerprint density at radius 3 is 2.79 bits per heavy atom. The first-order valence-corrected chi connectivity index (χ1v) is 10.8. The maximum absolute atomic E-state index is 9.15. The second kappa shape index (κ2) is 8.90. The summed E-state index contributed by atoms with van der Waals surface area (Å²) in [6.07, 6.45) is 0.804. The molecule has 6 heteroatoms. The van der Waals surface area contributed by atoms with E-state index in [1.807, 2.05) is 26.0 Å². The zero-order valence-electron chi connectivity index (χ0n) is 11.0. The van der Waals surface area contributed by atoms with E-state index >= 15 is 0 Å². The lowest BCUT2D eigenvalue weighted by atomic mass is 10.1. The van der Waals surface area contributed by atoms with E-state index in [1.54, 1.807) is 0 Å². The second-order valence-electron chi connectivity index (χ2n) is 4.79. The fraction of sp³-hybridized carbons (Fsp3) is 0.538. The van der Waals surface area contributed by atoms with Crippen molar-refractivity contribution in [3.05, 3.63) is 34.3 Å². The first kappa shape index (κ1) is 17.8. The minimum Gasteiger partial charge on any atom is -0.393 e. The van der Waals surface area contributed by atoms with Crippen molar-refractivity contribution < 1.29 is 14.4 Å². The minimum atomic E-state index is -0.492. The van der Waals surface area contributed by atoms with E-state index in [4.69, 9.17) is 14.4 Å². The van der Waals surface area contributed by atoms with Crippen LogP contribution in [0, 0.1) is 0 Å². The summed E-state index contributed by atoms with van der Waals surface area (Å²) in [6, 6.07) is 8.13. The number of ether oxygens (including phenoxy) is 1.